The van der Waals surface area contributed by atoms with Gasteiger partial charge in [-0.2, -0.15) is 5.10 Å². The van der Waals surface area contributed by atoms with Gasteiger partial charge in [0, 0.05) is 5.56 Å². The highest BCUT2D eigenvalue weighted by Gasteiger charge is 2.02. The standard InChI is InChI=1S/C17H24N4O/c1-3-4-5-8-11-22-16-10-7-6-9-15(16)12-19-21-13-14(2)20-17(21)18/h6-7,9-10,12-13H,3-5,8,11H2,1-2H3,(H2,18,20). The summed E-state index contributed by atoms with van der Waals surface area (Å²) in [5.41, 5.74) is 7.55. The first-order chi connectivity index (χ1) is 10.7. The molecule has 0 fully saturated rings. The van der Waals surface area contributed by atoms with Crippen molar-refractivity contribution in [2.24, 2.45) is 5.10 Å². The molecule has 0 bridgehead atoms. The van der Waals surface area contributed by atoms with Crippen molar-refractivity contribution in [3.05, 3.63) is 41.7 Å². The molecule has 2 aromatic rings. The van der Waals surface area contributed by atoms with Crippen LogP contribution < -0.4 is 10.5 Å². The van der Waals surface area contributed by atoms with Gasteiger partial charge >= 0.3 is 0 Å². The molecule has 1 heterocycles. The lowest BCUT2D eigenvalue weighted by Crippen LogP contribution is -2.01. The van der Waals surface area contributed by atoms with Crippen molar-refractivity contribution in [3.63, 3.8) is 0 Å². The van der Waals surface area contributed by atoms with Crippen LogP contribution in [0, 0.1) is 6.92 Å². The van der Waals surface area contributed by atoms with Crippen molar-refractivity contribution in [3.8, 4) is 5.75 Å². The molecular weight excluding hydrogens is 276 g/mol. The normalized spacial score (nSPS) is 11.2. The van der Waals surface area contributed by atoms with Gasteiger partial charge in [0.1, 0.15) is 5.75 Å². The van der Waals surface area contributed by atoms with E-state index in [2.05, 4.69) is 17.0 Å². The summed E-state index contributed by atoms with van der Waals surface area (Å²) < 4.78 is 7.42. The summed E-state index contributed by atoms with van der Waals surface area (Å²) in [6.45, 7) is 4.82. The fourth-order valence-corrected chi connectivity index (χ4v) is 2.15. The number of rotatable bonds is 8. The van der Waals surface area contributed by atoms with Crippen molar-refractivity contribution < 1.29 is 4.74 Å². The third-order valence-corrected chi connectivity index (χ3v) is 3.33. The van der Waals surface area contributed by atoms with Gasteiger partial charge in [-0.3, -0.25) is 0 Å². The Kier molecular flexibility index (Phi) is 6.01. The largest absolute Gasteiger partial charge is 0.493 e. The Labute approximate surface area is 131 Å². The van der Waals surface area contributed by atoms with E-state index in [-0.39, 0.29) is 0 Å². The van der Waals surface area contributed by atoms with E-state index in [1.807, 2.05) is 31.2 Å². The van der Waals surface area contributed by atoms with Crippen LogP contribution in [-0.4, -0.2) is 22.5 Å². The molecule has 1 aromatic heterocycles. The second kappa shape index (κ2) is 8.22. The van der Waals surface area contributed by atoms with E-state index in [0.29, 0.717) is 5.95 Å². The van der Waals surface area contributed by atoms with Crippen LogP contribution >= 0.6 is 0 Å². The Morgan fingerprint density at radius 2 is 2.09 bits per heavy atom. The van der Waals surface area contributed by atoms with Crippen molar-refractivity contribution in [2.75, 3.05) is 12.3 Å². The Hall–Kier alpha value is -2.30. The summed E-state index contributed by atoms with van der Waals surface area (Å²) in [5.74, 6) is 1.23. The number of nitrogens with zero attached hydrogens (tertiary/aromatic N) is 3. The van der Waals surface area contributed by atoms with Crippen LogP contribution in [0.1, 0.15) is 43.9 Å². The molecule has 5 nitrogen and oxygen atoms in total. The maximum atomic E-state index is 5.86. The third kappa shape index (κ3) is 4.62. The second-order valence-corrected chi connectivity index (χ2v) is 5.28. The average molecular weight is 300 g/mol. The lowest BCUT2D eigenvalue weighted by Gasteiger charge is -2.08. The molecule has 0 radical (unpaired) electrons. The van der Waals surface area contributed by atoms with E-state index >= 15 is 0 Å². The molecule has 0 spiro atoms. The highest BCUT2D eigenvalue weighted by atomic mass is 16.5. The van der Waals surface area contributed by atoms with Crippen molar-refractivity contribution >= 4 is 12.2 Å². The zero-order chi connectivity index (χ0) is 15.8. The number of hydrogen-bond donors (Lipinski definition) is 1. The van der Waals surface area contributed by atoms with Crippen LogP contribution in [0.4, 0.5) is 5.95 Å². The Morgan fingerprint density at radius 1 is 1.27 bits per heavy atom. The number of nitrogen functional groups attached to an aromatic ring is 1. The minimum atomic E-state index is 0.381. The predicted octanol–water partition coefficient (Wildman–Crippen LogP) is 3.62. The van der Waals surface area contributed by atoms with Crippen LogP contribution in [-0.2, 0) is 0 Å². The van der Waals surface area contributed by atoms with Crippen molar-refractivity contribution in [2.45, 2.75) is 39.5 Å². The molecule has 2 rings (SSSR count). The van der Waals surface area contributed by atoms with Crippen LogP contribution in [0.15, 0.2) is 35.6 Å². The first kappa shape index (κ1) is 16.1. The number of aromatic nitrogens is 2. The van der Waals surface area contributed by atoms with E-state index in [4.69, 9.17) is 10.5 Å². The third-order valence-electron chi connectivity index (χ3n) is 3.33. The van der Waals surface area contributed by atoms with Gasteiger partial charge in [-0.15, -0.1) is 0 Å². The van der Waals surface area contributed by atoms with Gasteiger partial charge in [0.25, 0.3) is 0 Å². The van der Waals surface area contributed by atoms with E-state index < -0.39 is 0 Å². The minimum absolute atomic E-state index is 0.381. The Morgan fingerprint density at radius 3 is 2.82 bits per heavy atom. The van der Waals surface area contributed by atoms with Gasteiger partial charge in [-0.05, 0) is 25.5 Å². The molecule has 5 heteroatoms. The molecule has 118 valence electrons. The van der Waals surface area contributed by atoms with Gasteiger partial charge < -0.3 is 10.5 Å². The van der Waals surface area contributed by atoms with Crippen LogP contribution in [0.5, 0.6) is 5.75 Å². The first-order valence-electron chi connectivity index (χ1n) is 7.78. The van der Waals surface area contributed by atoms with Crippen molar-refractivity contribution in [1.82, 2.24) is 9.66 Å². The fraction of sp³-hybridized carbons (Fsp3) is 0.412. The zero-order valence-electron chi connectivity index (χ0n) is 13.3. The van der Waals surface area contributed by atoms with Crippen LogP contribution in [0.3, 0.4) is 0 Å². The molecule has 0 saturated heterocycles. The number of aryl methyl sites for hydroxylation is 1. The summed E-state index contributed by atoms with van der Waals surface area (Å²) in [7, 11) is 0. The van der Waals surface area contributed by atoms with Gasteiger partial charge in [0.15, 0.2) is 0 Å². The van der Waals surface area contributed by atoms with Gasteiger partial charge in [0.05, 0.1) is 24.7 Å². The second-order valence-electron chi connectivity index (χ2n) is 5.28. The van der Waals surface area contributed by atoms with Gasteiger partial charge in [-0.25, -0.2) is 9.66 Å². The summed E-state index contributed by atoms with van der Waals surface area (Å²) in [5, 5.41) is 4.34. The molecule has 0 aliphatic carbocycles. The van der Waals surface area contributed by atoms with E-state index in [1.165, 1.54) is 19.3 Å². The summed E-state index contributed by atoms with van der Waals surface area (Å²) in [4.78, 5) is 4.12. The van der Waals surface area contributed by atoms with Crippen molar-refractivity contribution in [1.29, 1.82) is 0 Å². The molecule has 0 aliphatic rings. The molecule has 0 amide bonds. The fourth-order valence-electron chi connectivity index (χ4n) is 2.15. The molecule has 0 unspecified atom stereocenters. The highest BCUT2D eigenvalue weighted by Crippen LogP contribution is 2.17. The Balaban J connectivity index is 2.00. The number of hydrogen-bond acceptors (Lipinski definition) is 4. The van der Waals surface area contributed by atoms with E-state index in [1.54, 1.807) is 17.1 Å². The average Bonchev–Trinajstić information content (AvgIpc) is 2.84. The number of anilines is 1. The molecule has 0 saturated carbocycles. The van der Waals surface area contributed by atoms with Gasteiger partial charge in [0.2, 0.25) is 5.95 Å². The number of ether oxygens (including phenoxy) is 1. The number of nitrogens with two attached hydrogens (primary N) is 1. The molecular formula is C17H24N4O. The number of unbranched alkanes of at least 4 members (excludes halogenated alkanes) is 3. The SMILES string of the molecule is CCCCCCOc1ccccc1C=Nn1cc(C)nc1N. The number of benzene rings is 1. The van der Waals surface area contributed by atoms with Crippen LogP contribution in [0.2, 0.25) is 0 Å². The smallest absolute Gasteiger partial charge is 0.221 e. The highest BCUT2D eigenvalue weighted by molar-refractivity contribution is 5.83. The summed E-state index contributed by atoms with van der Waals surface area (Å²) in [6.07, 6.45) is 8.31. The zero-order valence-corrected chi connectivity index (χ0v) is 13.3. The number of imidazole rings is 1. The molecule has 0 aliphatic heterocycles. The van der Waals surface area contributed by atoms with E-state index in [9.17, 15) is 0 Å². The summed E-state index contributed by atoms with van der Waals surface area (Å²) in [6, 6.07) is 7.87. The number of para-hydroxylation sites is 1. The van der Waals surface area contributed by atoms with Gasteiger partial charge in [-0.1, -0.05) is 38.3 Å². The molecule has 22 heavy (non-hydrogen) atoms. The first-order valence-corrected chi connectivity index (χ1v) is 7.78. The maximum Gasteiger partial charge on any atom is 0.221 e. The van der Waals surface area contributed by atoms with Crippen LogP contribution in [0.25, 0.3) is 0 Å². The predicted molar refractivity (Wildman–Crippen MR) is 90.4 cm³/mol. The molecule has 0 atom stereocenters. The summed E-state index contributed by atoms with van der Waals surface area (Å²) >= 11 is 0. The minimum Gasteiger partial charge on any atom is -0.493 e. The monoisotopic (exact) mass is 300 g/mol. The van der Waals surface area contributed by atoms with E-state index in [0.717, 1.165) is 30.0 Å². The lowest BCUT2D eigenvalue weighted by molar-refractivity contribution is 0.304. The molecule has 2 N–H and O–H groups in total. The lowest BCUT2D eigenvalue weighted by atomic mass is 10.2. The molecule has 1 aromatic carbocycles. The maximum absolute atomic E-state index is 5.86. The quantitative estimate of drug-likeness (QED) is 0.598. The Bertz CT molecular complexity index is 619. The topological polar surface area (TPSA) is 65.4 Å².